The van der Waals surface area contributed by atoms with Crippen LogP contribution in [0.4, 0.5) is 0 Å². The molecule has 7 heteroatoms. The summed E-state index contributed by atoms with van der Waals surface area (Å²) in [5.74, 6) is 0.193. The summed E-state index contributed by atoms with van der Waals surface area (Å²) in [6.45, 7) is 2.72. The maximum atomic E-state index is 12.9. The Morgan fingerprint density at radius 1 is 1.17 bits per heavy atom. The number of ether oxygens (including phenoxy) is 2. The lowest BCUT2D eigenvalue weighted by atomic mass is 9.94. The van der Waals surface area contributed by atoms with Crippen LogP contribution < -0.4 is 0 Å². The zero-order valence-electron chi connectivity index (χ0n) is 16.4. The van der Waals surface area contributed by atoms with Crippen LogP contribution in [0.3, 0.4) is 0 Å². The third-order valence-corrected chi connectivity index (χ3v) is 7.59. The number of aromatic nitrogens is 1. The van der Waals surface area contributed by atoms with Crippen LogP contribution in [0.5, 0.6) is 0 Å². The normalized spacial score (nSPS) is 20.9. The smallest absolute Gasteiger partial charge is 0.232 e. The predicted octanol–water partition coefficient (Wildman–Crippen LogP) is 4.22. The SMILES string of the molecule is O=C(CSc1c2c(nc3cc(Cl)ccc13)CCCC2)N1CCC2(CC1)OCCO2. The molecule has 0 atom stereocenters. The Morgan fingerprint density at radius 3 is 2.72 bits per heavy atom. The van der Waals surface area contributed by atoms with E-state index >= 15 is 0 Å². The van der Waals surface area contributed by atoms with Gasteiger partial charge in [0.1, 0.15) is 0 Å². The van der Waals surface area contributed by atoms with Gasteiger partial charge in [-0.05, 0) is 43.4 Å². The van der Waals surface area contributed by atoms with E-state index in [1.807, 2.05) is 23.1 Å². The number of fused-ring (bicyclic) bond motifs is 2. The number of pyridine rings is 1. The van der Waals surface area contributed by atoms with E-state index in [2.05, 4.69) is 0 Å². The Hall–Kier alpha value is -1.34. The molecule has 2 aliphatic heterocycles. The second-order valence-corrected chi connectivity index (χ2v) is 9.43. The fourth-order valence-corrected chi connectivity index (χ4v) is 5.97. The number of benzene rings is 1. The van der Waals surface area contributed by atoms with Gasteiger partial charge in [0, 0.05) is 46.9 Å². The Labute approximate surface area is 180 Å². The van der Waals surface area contributed by atoms with Crippen LogP contribution in [0.1, 0.15) is 36.9 Å². The lowest BCUT2D eigenvalue weighted by Gasteiger charge is -2.37. The predicted molar refractivity (Wildman–Crippen MR) is 115 cm³/mol. The van der Waals surface area contributed by atoms with E-state index < -0.39 is 5.79 Å². The van der Waals surface area contributed by atoms with Gasteiger partial charge in [-0.25, -0.2) is 0 Å². The molecule has 0 bridgehead atoms. The summed E-state index contributed by atoms with van der Waals surface area (Å²) >= 11 is 7.87. The molecule has 3 heterocycles. The highest BCUT2D eigenvalue weighted by Gasteiger charge is 2.40. The molecule has 2 saturated heterocycles. The molecule has 154 valence electrons. The van der Waals surface area contributed by atoms with Gasteiger partial charge in [0.25, 0.3) is 0 Å². The highest BCUT2D eigenvalue weighted by molar-refractivity contribution is 8.00. The van der Waals surface area contributed by atoms with Gasteiger partial charge in [0.05, 0.1) is 24.5 Å². The van der Waals surface area contributed by atoms with Crippen molar-refractivity contribution in [2.24, 2.45) is 0 Å². The molecule has 3 aliphatic rings. The molecule has 5 rings (SSSR count). The summed E-state index contributed by atoms with van der Waals surface area (Å²) in [6, 6.07) is 5.90. The summed E-state index contributed by atoms with van der Waals surface area (Å²) < 4.78 is 11.6. The average Bonchev–Trinajstić information content (AvgIpc) is 3.19. The van der Waals surface area contributed by atoms with Gasteiger partial charge in [-0.15, -0.1) is 11.8 Å². The van der Waals surface area contributed by atoms with Crippen molar-refractivity contribution in [3.05, 3.63) is 34.5 Å². The maximum absolute atomic E-state index is 12.9. The standard InChI is InChI=1S/C22H25ClN2O3S/c23-15-5-6-17-19(13-15)24-18-4-2-1-3-16(18)21(17)29-14-20(26)25-9-7-22(8-10-25)27-11-12-28-22/h5-6,13H,1-4,7-12,14H2. The minimum absolute atomic E-state index is 0.186. The maximum Gasteiger partial charge on any atom is 0.232 e. The van der Waals surface area contributed by atoms with Crippen molar-refractivity contribution in [1.29, 1.82) is 0 Å². The number of amides is 1. The molecule has 0 unspecified atom stereocenters. The van der Waals surface area contributed by atoms with Crippen LogP contribution in [0.2, 0.25) is 5.02 Å². The van der Waals surface area contributed by atoms with Crippen LogP contribution in [-0.2, 0) is 27.1 Å². The summed E-state index contributed by atoms with van der Waals surface area (Å²) in [7, 11) is 0. The van der Waals surface area contributed by atoms with Gasteiger partial charge in [-0.2, -0.15) is 0 Å². The van der Waals surface area contributed by atoms with Gasteiger partial charge in [0.15, 0.2) is 5.79 Å². The van der Waals surface area contributed by atoms with Gasteiger partial charge in [0.2, 0.25) is 5.91 Å². The molecule has 29 heavy (non-hydrogen) atoms. The van der Waals surface area contributed by atoms with E-state index in [1.165, 1.54) is 29.0 Å². The Bertz CT molecular complexity index is 935. The monoisotopic (exact) mass is 432 g/mol. The summed E-state index contributed by atoms with van der Waals surface area (Å²) in [4.78, 5) is 21.0. The second-order valence-electron chi connectivity index (χ2n) is 8.01. The highest BCUT2D eigenvalue weighted by atomic mass is 35.5. The Morgan fingerprint density at radius 2 is 1.93 bits per heavy atom. The first-order chi connectivity index (χ1) is 14.1. The lowest BCUT2D eigenvalue weighted by molar-refractivity contribution is -0.186. The third-order valence-electron chi connectivity index (χ3n) is 6.20. The van der Waals surface area contributed by atoms with E-state index in [0.717, 1.165) is 36.6 Å². The van der Waals surface area contributed by atoms with Crippen molar-refractivity contribution < 1.29 is 14.3 Å². The number of carbonyl (C=O) groups excluding carboxylic acids is 1. The largest absolute Gasteiger partial charge is 0.347 e. The second kappa shape index (κ2) is 8.06. The minimum atomic E-state index is -0.441. The molecule has 0 radical (unpaired) electrons. The number of carbonyl (C=O) groups is 1. The van der Waals surface area contributed by atoms with Crippen molar-refractivity contribution in [1.82, 2.24) is 9.88 Å². The van der Waals surface area contributed by atoms with Gasteiger partial charge < -0.3 is 14.4 Å². The van der Waals surface area contributed by atoms with Crippen molar-refractivity contribution in [3.8, 4) is 0 Å². The first-order valence-corrected chi connectivity index (χ1v) is 11.8. The van der Waals surface area contributed by atoms with Crippen LogP contribution in [0, 0.1) is 0 Å². The number of halogens is 1. The highest BCUT2D eigenvalue weighted by Crippen LogP contribution is 2.37. The number of hydrogen-bond donors (Lipinski definition) is 0. The molecule has 2 aromatic rings. The third kappa shape index (κ3) is 3.88. The zero-order chi connectivity index (χ0) is 19.8. The fourth-order valence-electron chi connectivity index (χ4n) is 4.63. The van der Waals surface area contributed by atoms with Crippen molar-refractivity contribution in [3.63, 3.8) is 0 Å². The quantitative estimate of drug-likeness (QED) is 0.679. The fraction of sp³-hybridized carbons (Fsp3) is 0.545. The summed E-state index contributed by atoms with van der Waals surface area (Å²) in [5.41, 5.74) is 3.44. The number of nitrogens with zero attached hydrogens (tertiary/aromatic N) is 2. The van der Waals surface area contributed by atoms with Crippen molar-refractivity contribution in [2.75, 3.05) is 32.1 Å². The van der Waals surface area contributed by atoms with Crippen LogP contribution >= 0.6 is 23.4 Å². The van der Waals surface area contributed by atoms with Crippen LogP contribution in [0.15, 0.2) is 23.1 Å². The van der Waals surface area contributed by atoms with E-state index in [9.17, 15) is 4.79 Å². The molecule has 1 amide bonds. The van der Waals surface area contributed by atoms with Gasteiger partial charge in [-0.1, -0.05) is 17.7 Å². The molecule has 1 aromatic heterocycles. The molecule has 1 aliphatic carbocycles. The molecule has 1 aromatic carbocycles. The Kier molecular flexibility index (Phi) is 5.45. The first kappa shape index (κ1) is 19.6. The molecule has 5 nitrogen and oxygen atoms in total. The van der Waals surface area contributed by atoms with Gasteiger partial charge >= 0.3 is 0 Å². The van der Waals surface area contributed by atoms with E-state index in [1.54, 1.807) is 11.8 Å². The molecule has 1 spiro atoms. The van der Waals surface area contributed by atoms with Crippen molar-refractivity contribution >= 4 is 40.2 Å². The number of piperidine rings is 1. The molecule has 2 fully saturated rings. The molecular weight excluding hydrogens is 408 g/mol. The van der Waals surface area contributed by atoms with Gasteiger partial charge in [-0.3, -0.25) is 9.78 Å². The summed E-state index contributed by atoms with van der Waals surface area (Å²) in [6.07, 6.45) is 5.93. The van der Waals surface area contributed by atoms with E-state index in [0.29, 0.717) is 37.1 Å². The molecule has 0 N–H and O–H groups in total. The molecule has 0 saturated carbocycles. The zero-order valence-corrected chi connectivity index (χ0v) is 18.0. The number of aryl methyl sites for hydroxylation is 1. The van der Waals surface area contributed by atoms with Crippen LogP contribution in [-0.4, -0.2) is 53.6 Å². The lowest BCUT2D eigenvalue weighted by Crippen LogP contribution is -2.47. The van der Waals surface area contributed by atoms with Crippen molar-refractivity contribution in [2.45, 2.75) is 49.2 Å². The minimum Gasteiger partial charge on any atom is -0.347 e. The average molecular weight is 433 g/mol. The number of likely N-dealkylation sites (tertiary alicyclic amines) is 1. The first-order valence-electron chi connectivity index (χ1n) is 10.4. The van der Waals surface area contributed by atoms with E-state index in [-0.39, 0.29) is 5.91 Å². The van der Waals surface area contributed by atoms with Crippen LogP contribution in [0.25, 0.3) is 10.9 Å². The molecular formula is C22H25ClN2O3S. The van der Waals surface area contributed by atoms with E-state index in [4.69, 9.17) is 26.1 Å². The topological polar surface area (TPSA) is 51.7 Å². The summed E-state index contributed by atoms with van der Waals surface area (Å²) in [5, 5.41) is 1.81. The number of rotatable bonds is 3. The Balaban J connectivity index is 1.33. The number of hydrogen-bond acceptors (Lipinski definition) is 5. The number of thioether (sulfide) groups is 1.